The van der Waals surface area contributed by atoms with Crippen molar-refractivity contribution in [1.82, 2.24) is 0 Å². The second kappa shape index (κ2) is 6.02. The van der Waals surface area contributed by atoms with Crippen LogP contribution in [0.4, 0.5) is 5.69 Å². The highest BCUT2D eigenvalue weighted by atomic mass is 35.5. The number of rotatable bonds is 4. The number of halogens is 2. The van der Waals surface area contributed by atoms with E-state index in [1.807, 2.05) is 31.2 Å². The molecular formula is C18H19Cl2NO. The van der Waals surface area contributed by atoms with E-state index in [1.165, 1.54) is 17.7 Å². The van der Waals surface area contributed by atoms with Gasteiger partial charge in [-0.05, 0) is 61.7 Å². The predicted molar refractivity (Wildman–Crippen MR) is 93.9 cm³/mol. The van der Waals surface area contributed by atoms with Gasteiger partial charge in [-0.25, -0.2) is 0 Å². The van der Waals surface area contributed by atoms with E-state index in [4.69, 9.17) is 27.9 Å². The van der Waals surface area contributed by atoms with Crippen LogP contribution < -0.4 is 9.64 Å². The van der Waals surface area contributed by atoms with Crippen LogP contribution >= 0.6 is 23.2 Å². The zero-order valence-electron chi connectivity index (χ0n) is 13.0. The first-order chi connectivity index (χ1) is 10.5. The van der Waals surface area contributed by atoms with Crippen LogP contribution in [0, 0.1) is 13.8 Å². The lowest BCUT2D eigenvalue weighted by Crippen LogP contribution is -2.00. The molecule has 0 amide bonds. The van der Waals surface area contributed by atoms with Gasteiger partial charge in [0.15, 0.2) is 5.75 Å². The Hall–Kier alpha value is -1.38. The van der Waals surface area contributed by atoms with Crippen molar-refractivity contribution >= 4 is 28.9 Å². The Morgan fingerprint density at radius 1 is 1.14 bits per heavy atom. The zero-order chi connectivity index (χ0) is 15.9. The van der Waals surface area contributed by atoms with E-state index < -0.39 is 0 Å². The second-order valence-electron chi connectivity index (χ2n) is 5.82. The first-order valence-electron chi connectivity index (χ1n) is 7.50. The Balaban J connectivity index is 1.84. The van der Waals surface area contributed by atoms with Crippen molar-refractivity contribution in [2.24, 2.45) is 0 Å². The minimum absolute atomic E-state index is 0.513. The van der Waals surface area contributed by atoms with Crippen LogP contribution in [0.5, 0.6) is 11.5 Å². The molecule has 0 bridgehead atoms. The summed E-state index contributed by atoms with van der Waals surface area (Å²) in [5.41, 5.74) is 3.49. The summed E-state index contributed by atoms with van der Waals surface area (Å²) in [6.07, 6.45) is 1.19. The van der Waals surface area contributed by atoms with E-state index in [9.17, 15) is 0 Å². The van der Waals surface area contributed by atoms with Crippen LogP contribution in [0.2, 0.25) is 10.0 Å². The largest absolute Gasteiger partial charge is 0.454 e. The maximum Gasteiger partial charge on any atom is 0.164 e. The van der Waals surface area contributed by atoms with E-state index >= 15 is 0 Å². The molecule has 1 aliphatic rings. The number of anilines is 1. The molecule has 22 heavy (non-hydrogen) atoms. The molecule has 0 saturated carbocycles. The summed E-state index contributed by atoms with van der Waals surface area (Å²) in [4.78, 5) is 2.41. The second-order valence-corrected chi connectivity index (χ2v) is 6.64. The quantitative estimate of drug-likeness (QED) is 0.635. The maximum atomic E-state index is 6.24. The lowest BCUT2D eigenvalue weighted by Gasteiger charge is -2.14. The Morgan fingerprint density at radius 2 is 1.82 bits per heavy atom. The summed E-state index contributed by atoms with van der Waals surface area (Å²) in [6, 6.07) is 10.5. The first-order valence-corrected chi connectivity index (χ1v) is 8.26. The van der Waals surface area contributed by atoms with Crippen molar-refractivity contribution in [2.45, 2.75) is 33.2 Å². The SMILES string of the molecule is CCC1CN1c1ccc(Oc2c(Cl)cc(C)cc2Cl)cc1C. The average Bonchev–Trinajstić information content (AvgIpc) is 3.22. The lowest BCUT2D eigenvalue weighted by molar-refractivity contribution is 0.482. The minimum atomic E-state index is 0.513. The van der Waals surface area contributed by atoms with Gasteiger partial charge in [-0.3, -0.25) is 0 Å². The van der Waals surface area contributed by atoms with Crippen molar-refractivity contribution in [3.8, 4) is 11.5 Å². The first kappa shape index (κ1) is 15.5. The number of nitrogens with zero attached hydrogens (tertiary/aromatic N) is 1. The van der Waals surface area contributed by atoms with Crippen LogP contribution in [0.15, 0.2) is 30.3 Å². The molecule has 1 atom stereocenters. The normalized spacial score (nSPS) is 16.8. The van der Waals surface area contributed by atoms with Crippen LogP contribution in [-0.4, -0.2) is 12.6 Å². The lowest BCUT2D eigenvalue weighted by atomic mass is 10.2. The molecule has 4 heteroatoms. The van der Waals surface area contributed by atoms with E-state index in [0.29, 0.717) is 21.8 Å². The Morgan fingerprint density at radius 3 is 2.36 bits per heavy atom. The van der Waals surface area contributed by atoms with Gasteiger partial charge in [0, 0.05) is 18.3 Å². The highest BCUT2D eigenvalue weighted by Gasteiger charge is 2.32. The molecule has 1 unspecified atom stereocenters. The summed E-state index contributed by atoms with van der Waals surface area (Å²) in [5, 5.41) is 1.06. The number of hydrogen-bond acceptors (Lipinski definition) is 2. The van der Waals surface area contributed by atoms with Crippen molar-refractivity contribution in [2.75, 3.05) is 11.4 Å². The van der Waals surface area contributed by atoms with Crippen molar-refractivity contribution < 1.29 is 4.74 Å². The molecule has 1 saturated heterocycles. The van der Waals surface area contributed by atoms with Gasteiger partial charge in [0.05, 0.1) is 10.0 Å². The van der Waals surface area contributed by atoms with Gasteiger partial charge in [0.25, 0.3) is 0 Å². The molecule has 1 aliphatic heterocycles. The molecule has 0 spiro atoms. The van der Waals surface area contributed by atoms with E-state index in [2.05, 4.69) is 24.8 Å². The Labute approximate surface area is 141 Å². The summed E-state index contributed by atoms with van der Waals surface area (Å²) >= 11 is 12.5. The van der Waals surface area contributed by atoms with Crippen LogP contribution in [0.3, 0.4) is 0 Å². The fourth-order valence-electron chi connectivity index (χ4n) is 2.74. The molecular weight excluding hydrogens is 317 g/mol. The molecule has 1 fully saturated rings. The van der Waals surface area contributed by atoms with Crippen LogP contribution in [0.25, 0.3) is 0 Å². The molecule has 2 aromatic rings. The van der Waals surface area contributed by atoms with Gasteiger partial charge < -0.3 is 9.64 Å². The third kappa shape index (κ3) is 3.04. The van der Waals surface area contributed by atoms with E-state index in [1.54, 1.807) is 0 Å². The smallest absolute Gasteiger partial charge is 0.164 e. The van der Waals surface area contributed by atoms with Gasteiger partial charge in [-0.1, -0.05) is 30.1 Å². The van der Waals surface area contributed by atoms with Crippen LogP contribution in [-0.2, 0) is 0 Å². The number of aryl methyl sites for hydroxylation is 2. The third-order valence-electron chi connectivity index (χ3n) is 4.03. The van der Waals surface area contributed by atoms with Gasteiger partial charge in [-0.2, -0.15) is 0 Å². The molecule has 0 radical (unpaired) electrons. The number of benzene rings is 2. The molecule has 2 aromatic carbocycles. The zero-order valence-corrected chi connectivity index (χ0v) is 14.5. The fourth-order valence-corrected chi connectivity index (χ4v) is 3.41. The van der Waals surface area contributed by atoms with Crippen molar-refractivity contribution in [1.29, 1.82) is 0 Å². The maximum absolute atomic E-state index is 6.24. The average molecular weight is 336 g/mol. The molecule has 0 aliphatic carbocycles. The standard InChI is InChI=1S/C18H19Cl2NO/c1-4-13-10-21(13)17-6-5-14(9-12(17)3)22-18-15(19)7-11(2)8-16(18)20/h5-9,13H,4,10H2,1-3H3. The molecule has 2 nitrogen and oxygen atoms in total. The summed E-state index contributed by atoms with van der Waals surface area (Å²) < 4.78 is 5.90. The molecule has 0 N–H and O–H groups in total. The van der Waals surface area contributed by atoms with Crippen molar-refractivity contribution in [3.05, 3.63) is 51.5 Å². The van der Waals surface area contributed by atoms with Gasteiger partial charge in [0.1, 0.15) is 5.75 Å². The van der Waals surface area contributed by atoms with Crippen molar-refractivity contribution in [3.63, 3.8) is 0 Å². The highest BCUT2D eigenvalue weighted by Crippen LogP contribution is 2.39. The third-order valence-corrected chi connectivity index (χ3v) is 4.59. The fraction of sp³-hybridized carbons (Fsp3) is 0.333. The monoisotopic (exact) mass is 335 g/mol. The molecule has 116 valence electrons. The predicted octanol–water partition coefficient (Wildman–Crippen LogP) is 6.00. The van der Waals surface area contributed by atoms with E-state index in [0.717, 1.165) is 17.9 Å². The topological polar surface area (TPSA) is 12.2 Å². The van der Waals surface area contributed by atoms with E-state index in [-0.39, 0.29) is 0 Å². The minimum Gasteiger partial charge on any atom is -0.454 e. The molecule has 0 aromatic heterocycles. The van der Waals surface area contributed by atoms with Gasteiger partial charge in [0.2, 0.25) is 0 Å². The Bertz CT molecular complexity index is 691. The summed E-state index contributed by atoms with van der Waals surface area (Å²) in [7, 11) is 0. The summed E-state index contributed by atoms with van der Waals surface area (Å²) in [5.74, 6) is 1.27. The summed E-state index contributed by atoms with van der Waals surface area (Å²) in [6.45, 7) is 7.42. The van der Waals surface area contributed by atoms with Crippen LogP contribution in [0.1, 0.15) is 24.5 Å². The number of ether oxygens (including phenoxy) is 1. The number of hydrogen-bond donors (Lipinski definition) is 0. The highest BCUT2D eigenvalue weighted by molar-refractivity contribution is 6.37. The molecule has 1 heterocycles. The van der Waals surface area contributed by atoms with Gasteiger partial charge >= 0.3 is 0 Å². The molecule has 3 rings (SSSR count). The van der Waals surface area contributed by atoms with Gasteiger partial charge in [-0.15, -0.1) is 0 Å². The Kier molecular flexibility index (Phi) is 4.24.